The van der Waals surface area contributed by atoms with Crippen LogP contribution in [0.1, 0.15) is 31.1 Å². The molecule has 0 radical (unpaired) electrons. The number of carbonyl (C=O) groups excluding carboxylic acids is 2. The summed E-state index contributed by atoms with van der Waals surface area (Å²) in [6, 6.07) is 9.11. The number of esters is 1. The molecule has 0 bridgehead atoms. The molecule has 0 aliphatic heterocycles. The lowest BCUT2D eigenvalue weighted by molar-refractivity contribution is -0.125. The molecule has 10 heteroatoms. The van der Waals surface area contributed by atoms with Crippen molar-refractivity contribution in [1.29, 1.82) is 0 Å². The molecule has 2 aromatic rings. The van der Waals surface area contributed by atoms with Crippen molar-refractivity contribution in [2.24, 2.45) is 0 Å². The van der Waals surface area contributed by atoms with Crippen molar-refractivity contribution >= 4 is 54.9 Å². The van der Waals surface area contributed by atoms with Crippen LogP contribution in [0.4, 0.5) is 5.69 Å². The van der Waals surface area contributed by atoms with Gasteiger partial charge in [0.25, 0.3) is 15.9 Å². The van der Waals surface area contributed by atoms with Crippen molar-refractivity contribution in [3.05, 3.63) is 45.7 Å². The molecule has 2 rings (SSSR count). The Morgan fingerprint density at radius 1 is 1.15 bits per heavy atom. The highest BCUT2D eigenvalue weighted by atomic mass is 79.9. The van der Waals surface area contributed by atoms with Gasteiger partial charge in [-0.15, -0.1) is 11.3 Å². The monoisotopic (exact) mass is 474 g/mol. The van der Waals surface area contributed by atoms with E-state index in [2.05, 4.69) is 26.0 Å². The van der Waals surface area contributed by atoms with E-state index in [0.29, 0.717) is 3.79 Å². The first-order valence-corrected chi connectivity index (χ1v) is 10.9. The molecule has 1 aromatic carbocycles. The molecule has 7 nitrogen and oxygen atoms in total. The summed E-state index contributed by atoms with van der Waals surface area (Å²) in [6.07, 6.45) is 0. The fourth-order valence-corrected chi connectivity index (χ4v) is 5.14. The molecule has 0 atom stereocenters. The topological polar surface area (TPSA) is 102 Å². The number of hydrogen-bond donors (Lipinski definition) is 2. The summed E-state index contributed by atoms with van der Waals surface area (Å²) in [6.45, 7) is 4.95. The molecular weight excluding hydrogens is 456 g/mol. The Morgan fingerprint density at radius 3 is 2.41 bits per heavy atom. The summed E-state index contributed by atoms with van der Waals surface area (Å²) in [7, 11) is -3.85. The van der Waals surface area contributed by atoms with E-state index < -0.39 is 34.0 Å². The number of amides is 1. The van der Waals surface area contributed by atoms with Gasteiger partial charge < -0.3 is 10.1 Å². The molecule has 0 spiro atoms. The highest BCUT2D eigenvalue weighted by Crippen LogP contribution is 2.28. The average Bonchev–Trinajstić information content (AvgIpc) is 2.99. The fourth-order valence-electron chi connectivity index (χ4n) is 2.05. The van der Waals surface area contributed by atoms with Crippen molar-refractivity contribution in [2.75, 3.05) is 11.3 Å². The number of halogens is 1. The van der Waals surface area contributed by atoms with Gasteiger partial charge in [-0.2, -0.15) is 0 Å². The molecule has 0 saturated heterocycles. The summed E-state index contributed by atoms with van der Waals surface area (Å²) < 4.78 is 33.1. The van der Waals surface area contributed by atoms with Gasteiger partial charge in [0.05, 0.1) is 15.0 Å². The average molecular weight is 475 g/mol. The molecule has 1 heterocycles. The van der Waals surface area contributed by atoms with Crippen molar-refractivity contribution in [3.63, 3.8) is 0 Å². The van der Waals surface area contributed by atoms with Crippen LogP contribution in [0.5, 0.6) is 0 Å². The number of hydrogen-bond acceptors (Lipinski definition) is 6. The third-order valence-electron chi connectivity index (χ3n) is 3.05. The summed E-state index contributed by atoms with van der Waals surface area (Å²) >= 11 is 4.26. The third-order valence-corrected chi connectivity index (χ3v) is 6.53. The number of sulfonamides is 1. The van der Waals surface area contributed by atoms with Crippen LogP contribution in [-0.2, 0) is 19.6 Å². The number of anilines is 1. The fraction of sp³-hybridized carbons (Fsp3) is 0.294. The van der Waals surface area contributed by atoms with Crippen LogP contribution in [0.2, 0.25) is 0 Å². The normalized spacial score (nSPS) is 11.7. The molecule has 0 aliphatic rings. The molecule has 0 aliphatic carbocycles. The molecule has 0 saturated carbocycles. The zero-order valence-electron chi connectivity index (χ0n) is 14.9. The van der Waals surface area contributed by atoms with Crippen LogP contribution in [0.15, 0.2) is 44.4 Å². The maximum Gasteiger partial charge on any atom is 0.340 e. The number of benzene rings is 1. The highest BCUT2D eigenvalue weighted by molar-refractivity contribution is 9.11. The van der Waals surface area contributed by atoms with Crippen LogP contribution in [0.3, 0.4) is 0 Å². The van der Waals surface area contributed by atoms with E-state index in [1.54, 1.807) is 39.0 Å². The predicted molar refractivity (Wildman–Crippen MR) is 107 cm³/mol. The van der Waals surface area contributed by atoms with E-state index in [-0.39, 0.29) is 15.5 Å². The van der Waals surface area contributed by atoms with E-state index in [4.69, 9.17) is 4.74 Å². The molecule has 1 aromatic heterocycles. The van der Waals surface area contributed by atoms with Crippen molar-refractivity contribution in [1.82, 2.24) is 5.32 Å². The first-order chi connectivity index (χ1) is 12.5. The molecule has 1 amide bonds. The Morgan fingerprint density at radius 2 is 1.81 bits per heavy atom. The van der Waals surface area contributed by atoms with Crippen molar-refractivity contribution in [2.45, 2.75) is 30.5 Å². The number of rotatable bonds is 6. The maximum atomic E-state index is 12.5. The van der Waals surface area contributed by atoms with E-state index in [1.807, 2.05) is 0 Å². The van der Waals surface area contributed by atoms with Gasteiger partial charge in [-0.25, -0.2) is 13.2 Å². The first-order valence-electron chi connectivity index (χ1n) is 7.83. The van der Waals surface area contributed by atoms with Gasteiger partial charge in [-0.05, 0) is 61.0 Å². The molecule has 2 N–H and O–H groups in total. The van der Waals surface area contributed by atoms with Gasteiger partial charge in [0.15, 0.2) is 6.61 Å². The van der Waals surface area contributed by atoms with Crippen LogP contribution in [0, 0.1) is 0 Å². The zero-order valence-corrected chi connectivity index (χ0v) is 18.1. The van der Waals surface area contributed by atoms with E-state index >= 15 is 0 Å². The third kappa shape index (κ3) is 6.33. The Bertz CT molecular complexity index is 948. The van der Waals surface area contributed by atoms with Gasteiger partial charge in [0.2, 0.25) is 0 Å². The number of para-hydroxylation sites is 1. The second-order valence-electron chi connectivity index (χ2n) is 6.58. The van der Waals surface area contributed by atoms with E-state index in [0.717, 1.165) is 11.3 Å². The van der Waals surface area contributed by atoms with Gasteiger partial charge in [0.1, 0.15) is 4.21 Å². The molecule has 0 unspecified atom stereocenters. The highest BCUT2D eigenvalue weighted by Gasteiger charge is 2.22. The predicted octanol–water partition coefficient (Wildman–Crippen LogP) is 3.38. The Balaban J connectivity index is 2.13. The Labute approximate surface area is 170 Å². The van der Waals surface area contributed by atoms with Crippen LogP contribution in [-0.4, -0.2) is 32.4 Å². The zero-order chi connectivity index (χ0) is 20.2. The van der Waals surface area contributed by atoms with E-state index in [9.17, 15) is 18.0 Å². The second kappa shape index (κ2) is 8.41. The lowest BCUT2D eigenvalue weighted by Gasteiger charge is -2.20. The van der Waals surface area contributed by atoms with Gasteiger partial charge >= 0.3 is 5.97 Å². The number of carbonyl (C=O) groups is 2. The van der Waals surface area contributed by atoms with E-state index in [1.165, 1.54) is 18.2 Å². The molecule has 0 fully saturated rings. The van der Waals surface area contributed by atoms with Crippen LogP contribution < -0.4 is 10.0 Å². The summed E-state index contributed by atoms with van der Waals surface area (Å²) in [5.41, 5.74) is -0.366. The number of thiophene rings is 1. The minimum atomic E-state index is -3.85. The molecule has 146 valence electrons. The lowest BCUT2D eigenvalue weighted by atomic mass is 10.1. The summed E-state index contributed by atoms with van der Waals surface area (Å²) in [5.74, 6) is -1.25. The Kier molecular flexibility index (Phi) is 6.66. The molecule has 27 heavy (non-hydrogen) atoms. The lowest BCUT2D eigenvalue weighted by Crippen LogP contribution is -2.42. The SMILES string of the molecule is CC(C)(C)NC(=O)COC(=O)c1ccccc1NS(=O)(=O)c1ccc(Br)s1. The van der Waals surface area contributed by atoms with Gasteiger partial charge in [-0.1, -0.05) is 12.1 Å². The largest absolute Gasteiger partial charge is 0.452 e. The Hall–Kier alpha value is -1.91. The quantitative estimate of drug-likeness (QED) is 0.624. The minimum Gasteiger partial charge on any atom is -0.452 e. The molecular formula is C17H19BrN2O5S2. The summed E-state index contributed by atoms with van der Waals surface area (Å²) in [4.78, 5) is 24.1. The van der Waals surface area contributed by atoms with Gasteiger partial charge in [0, 0.05) is 5.54 Å². The van der Waals surface area contributed by atoms with Crippen molar-refractivity contribution in [3.8, 4) is 0 Å². The first kappa shape index (κ1) is 21.4. The minimum absolute atomic E-state index is 0.0141. The smallest absolute Gasteiger partial charge is 0.340 e. The van der Waals surface area contributed by atoms with Crippen LogP contribution in [0.25, 0.3) is 0 Å². The number of nitrogens with one attached hydrogen (secondary N) is 2. The van der Waals surface area contributed by atoms with Crippen LogP contribution >= 0.6 is 27.3 Å². The maximum absolute atomic E-state index is 12.5. The summed E-state index contributed by atoms with van der Waals surface area (Å²) in [5, 5.41) is 2.67. The van der Waals surface area contributed by atoms with Crippen molar-refractivity contribution < 1.29 is 22.7 Å². The number of ether oxygens (including phenoxy) is 1. The second-order valence-corrected chi connectivity index (χ2v) is 11.0. The van der Waals surface area contributed by atoms with Gasteiger partial charge in [-0.3, -0.25) is 9.52 Å². The standard InChI is InChI=1S/C17H19BrN2O5S2/c1-17(2,3)19-14(21)10-25-16(22)11-6-4-5-7-12(11)20-27(23,24)15-9-8-13(18)26-15/h4-9,20H,10H2,1-3H3,(H,19,21).